The van der Waals surface area contributed by atoms with Gasteiger partial charge in [-0.1, -0.05) is 11.6 Å². The van der Waals surface area contributed by atoms with Crippen LogP contribution in [0.1, 0.15) is 29.5 Å². The lowest BCUT2D eigenvalue weighted by Gasteiger charge is -2.13. The van der Waals surface area contributed by atoms with E-state index in [2.05, 4.69) is 26.5 Å². The lowest BCUT2D eigenvalue weighted by Crippen LogP contribution is -2.18. The normalized spacial score (nSPS) is 10.9. The van der Waals surface area contributed by atoms with Crippen LogP contribution in [0.15, 0.2) is 39.9 Å². The highest BCUT2D eigenvalue weighted by Crippen LogP contribution is 2.35. The molecule has 7 heteroatoms. The third-order valence-electron chi connectivity index (χ3n) is 3.67. The second kappa shape index (κ2) is 9.59. The number of phenolic OH excluding ortho intramolecular Hbond substituents is 1. The van der Waals surface area contributed by atoms with Crippen LogP contribution in [0.5, 0.6) is 11.5 Å². The van der Waals surface area contributed by atoms with E-state index in [0.29, 0.717) is 19.4 Å². The number of phenols is 1. The molecular weight excluding hydrogens is 420 g/mol. The maximum Gasteiger partial charge on any atom is 0.240 e. The van der Waals surface area contributed by atoms with E-state index in [1.165, 1.54) is 6.21 Å². The van der Waals surface area contributed by atoms with Crippen molar-refractivity contribution in [3.05, 3.63) is 56.5 Å². The molecule has 0 fully saturated rings. The van der Waals surface area contributed by atoms with Crippen molar-refractivity contribution in [2.24, 2.45) is 5.10 Å². The fourth-order valence-corrected chi connectivity index (χ4v) is 2.91. The molecule has 138 valence electrons. The van der Waals surface area contributed by atoms with Gasteiger partial charge < -0.3 is 9.84 Å². The number of amides is 1. The molecule has 0 radical (unpaired) electrons. The first-order chi connectivity index (χ1) is 12.4. The summed E-state index contributed by atoms with van der Waals surface area (Å²) in [5, 5.41) is 13.8. The molecule has 0 aliphatic rings. The number of carbonyl (C=O) groups excluding carboxylic acids is 1. The number of nitrogens with one attached hydrogen (secondary N) is 1. The summed E-state index contributed by atoms with van der Waals surface area (Å²) in [5.74, 6) is 0.713. The summed E-state index contributed by atoms with van der Waals surface area (Å²) >= 11 is 9.68. The van der Waals surface area contributed by atoms with Gasteiger partial charge in [-0.3, -0.25) is 4.79 Å². The van der Waals surface area contributed by atoms with Gasteiger partial charge in [-0.25, -0.2) is 5.43 Å². The zero-order valence-corrected chi connectivity index (χ0v) is 16.9. The maximum absolute atomic E-state index is 11.8. The van der Waals surface area contributed by atoms with E-state index in [-0.39, 0.29) is 11.7 Å². The van der Waals surface area contributed by atoms with Gasteiger partial charge in [0.25, 0.3) is 0 Å². The summed E-state index contributed by atoms with van der Waals surface area (Å²) < 4.78 is 6.57. The number of aromatic hydroxyl groups is 1. The second-order valence-corrected chi connectivity index (χ2v) is 6.95. The van der Waals surface area contributed by atoms with Crippen molar-refractivity contribution in [1.29, 1.82) is 0 Å². The van der Waals surface area contributed by atoms with Gasteiger partial charge in [-0.15, -0.1) is 0 Å². The number of rotatable bonds is 7. The Hall–Kier alpha value is -2.05. The molecule has 0 unspecified atom stereocenters. The Morgan fingerprint density at radius 2 is 2.04 bits per heavy atom. The van der Waals surface area contributed by atoms with E-state index in [4.69, 9.17) is 16.3 Å². The van der Waals surface area contributed by atoms with Crippen molar-refractivity contribution in [2.75, 3.05) is 6.61 Å². The van der Waals surface area contributed by atoms with Gasteiger partial charge in [-0.05, 0) is 83.2 Å². The molecule has 26 heavy (non-hydrogen) atoms. The molecule has 0 heterocycles. The van der Waals surface area contributed by atoms with Gasteiger partial charge in [0.05, 0.1) is 17.3 Å². The van der Waals surface area contributed by atoms with Crippen molar-refractivity contribution >= 4 is 39.7 Å². The number of carbonyl (C=O) groups is 1. The zero-order valence-electron chi connectivity index (χ0n) is 14.6. The number of hydrogen-bond donors (Lipinski definition) is 2. The monoisotopic (exact) mass is 438 g/mol. The van der Waals surface area contributed by atoms with E-state index in [9.17, 15) is 9.90 Å². The molecule has 0 saturated heterocycles. The minimum atomic E-state index is -0.189. The first-order valence-corrected chi connectivity index (χ1v) is 9.24. The van der Waals surface area contributed by atoms with Crippen molar-refractivity contribution in [2.45, 2.75) is 26.7 Å². The predicted molar refractivity (Wildman–Crippen MR) is 107 cm³/mol. The zero-order chi connectivity index (χ0) is 19.1. The van der Waals surface area contributed by atoms with Crippen molar-refractivity contribution in [3.63, 3.8) is 0 Å². The van der Waals surface area contributed by atoms with E-state index in [0.717, 1.165) is 31.9 Å². The van der Waals surface area contributed by atoms with Gasteiger partial charge in [0, 0.05) is 11.4 Å². The number of hydrogen-bond acceptors (Lipinski definition) is 4. The standard InChI is InChI=1S/C19H20BrClN2O3/c1-12-10-16(18(20)13(2)19(12)21)26-9-3-4-17(25)23-22-11-14-5-7-15(24)8-6-14/h5-8,10-11,24H,3-4,9H2,1-2H3,(H,23,25). The molecule has 2 aromatic carbocycles. The summed E-state index contributed by atoms with van der Waals surface area (Å²) in [6.07, 6.45) is 2.38. The van der Waals surface area contributed by atoms with Crippen LogP contribution in [0.3, 0.4) is 0 Å². The molecule has 0 aliphatic carbocycles. The van der Waals surface area contributed by atoms with Crippen LogP contribution in [-0.4, -0.2) is 23.8 Å². The van der Waals surface area contributed by atoms with E-state index < -0.39 is 0 Å². The number of benzene rings is 2. The highest BCUT2D eigenvalue weighted by molar-refractivity contribution is 9.10. The van der Waals surface area contributed by atoms with Gasteiger partial charge >= 0.3 is 0 Å². The molecule has 0 saturated carbocycles. The third kappa shape index (κ3) is 5.75. The highest BCUT2D eigenvalue weighted by Gasteiger charge is 2.11. The van der Waals surface area contributed by atoms with Gasteiger partial charge in [0.15, 0.2) is 0 Å². The largest absolute Gasteiger partial charge is 0.508 e. The smallest absolute Gasteiger partial charge is 0.240 e. The average Bonchev–Trinajstić information content (AvgIpc) is 2.62. The molecule has 5 nitrogen and oxygen atoms in total. The quantitative estimate of drug-likeness (QED) is 0.372. The van der Waals surface area contributed by atoms with E-state index >= 15 is 0 Å². The third-order valence-corrected chi connectivity index (χ3v) is 5.24. The summed E-state index contributed by atoms with van der Waals surface area (Å²) in [6, 6.07) is 8.39. The molecule has 1 amide bonds. The number of ether oxygens (including phenoxy) is 1. The van der Waals surface area contributed by atoms with E-state index in [1.807, 2.05) is 19.9 Å². The van der Waals surface area contributed by atoms with Gasteiger partial charge in [0.1, 0.15) is 11.5 Å². The van der Waals surface area contributed by atoms with Crippen LogP contribution in [0.25, 0.3) is 0 Å². The van der Waals surface area contributed by atoms with Gasteiger partial charge in [-0.2, -0.15) is 5.10 Å². The lowest BCUT2D eigenvalue weighted by molar-refractivity contribution is -0.121. The minimum absolute atomic E-state index is 0.184. The summed E-state index contributed by atoms with van der Waals surface area (Å²) in [4.78, 5) is 11.8. The first-order valence-electron chi connectivity index (χ1n) is 8.07. The van der Waals surface area contributed by atoms with Crippen LogP contribution in [0.2, 0.25) is 5.02 Å². The fraction of sp³-hybridized carbons (Fsp3) is 0.263. The Labute approximate surface area is 166 Å². The van der Waals surface area contributed by atoms with Crippen LogP contribution >= 0.6 is 27.5 Å². The SMILES string of the molecule is Cc1cc(OCCCC(=O)NN=Cc2ccc(O)cc2)c(Br)c(C)c1Cl. The van der Waals surface area contributed by atoms with Crippen LogP contribution in [0.4, 0.5) is 0 Å². The average molecular weight is 440 g/mol. The molecule has 0 bridgehead atoms. The number of halogens is 2. The van der Waals surface area contributed by atoms with Crippen LogP contribution in [-0.2, 0) is 4.79 Å². The predicted octanol–water partition coefficient (Wildman–Crippen LogP) is 4.73. The molecule has 2 N–H and O–H groups in total. The van der Waals surface area contributed by atoms with Gasteiger partial charge in [0.2, 0.25) is 5.91 Å². The molecule has 0 atom stereocenters. The Morgan fingerprint density at radius 1 is 1.35 bits per heavy atom. The number of hydrazone groups is 1. The number of nitrogens with zero attached hydrogens (tertiary/aromatic N) is 1. The molecule has 0 aromatic heterocycles. The first kappa shape index (κ1) is 20.3. The van der Waals surface area contributed by atoms with Crippen molar-refractivity contribution < 1.29 is 14.6 Å². The maximum atomic E-state index is 11.8. The lowest BCUT2D eigenvalue weighted by atomic mass is 10.1. The Bertz CT molecular complexity index is 807. The molecule has 2 rings (SSSR count). The molecule has 0 aliphatic heterocycles. The highest BCUT2D eigenvalue weighted by atomic mass is 79.9. The summed E-state index contributed by atoms with van der Waals surface area (Å²) in [7, 11) is 0. The van der Waals surface area contributed by atoms with Crippen LogP contribution < -0.4 is 10.2 Å². The van der Waals surface area contributed by atoms with E-state index in [1.54, 1.807) is 24.3 Å². The second-order valence-electron chi connectivity index (χ2n) is 5.78. The Balaban J connectivity index is 1.74. The number of aryl methyl sites for hydroxylation is 1. The van der Waals surface area contributed by atoms with Crippen molar-refractivity contribution in [3.8, 4) is 11.5 Å². The molecule has 0 spiro atoms. The minimum Gasteiger partial charge on any atom is -0.508 e. The fourth-order valence-electron chi connectivity index (χ4n) is 2.22. The molecule has 2 aromatic rings. The summed E-state index contributed by atoms with van der Waals surface area (Å²) in [6.45, 7) is 4.26. The summed E-state index contributed by atoms with van der Waals surface area (Å²) in [5.41, 5.74) is 5.13. The Morgan fingerprint density at radius 3 is 2.73 bits per heavy atom. The van der Waals surface area contributed by atoms with Crippen molar-refractivity contribution in [1.82, 2.24) is 5.43 Å². The Kier molecular flexibility index (Phi) is 7.48. The molecular formula is C19H20BrClN2O3. The van der Waals surface area contributed by atoms with Crippen LogP contribution in [0, 0.1) is 13.8 Å². The topological polar surface area (TPSA) is 70.9 Å².